The summed E-state index contributed by atoms with van der Waals surface area (Å²) in [5.41, 5.74) is 0.549. The second kappa shape index (κ2) is 1.73. The van der Waals surface area contributed by atoms with Crippen molar-refractivity contribution in [2.75, 3.05) is 0 Å². The monoisotopic (exact) mass is 134 g/mol. The fourth-order valence-corrected chi connectivity index (χ4v) is 0.867. The number of rotatable bonds is 0. The van der Waals surface area contributed by atoms with E-state index in [0.29, 0.717) is 11.0 Å². The number of fused-ring (bicyclic) bond motifs is 1. The average Bonchev–Trinajstić information content (AvgIpc) is 2.36. The predicted molar refractivity (Wildman–Crippen MR) is 34.1 cm³/mol. The van der Waals surface area contributed by atoms with E-state index in [0.717, 1.165) is 0 Å². The third-order valence-electron chi connectivity index (χ3n) is 1.36. The van der Waals surface area contributed by atoms with Crippen LogP contribution in [0.3, 0.4) is 0 Å². The Balaban J connectivity index is 2.95. The van der Waals surface area contributed by atoms with Gasteiger partial charge in [0.1, 0.15) is 0 Å². The zero-order valence-electron chi connectivity index (χ0n) is 5.07. The first-order valence-electron chi connectivity index (χ1n) is 2.88. The highest BCUT2D eigenvalue weighted by Gasteiger charge is 2.02. The molecule has 0 atom stereocenters. The molecule has 0 aliphatic carbocycles. The molecule has 0 bridgehead atoms. The molecule has 0 saturated carbocycles. The first-order valence-corrected chi connectivity index (χ1v) is 2.88. The maximum absolute atomic E-state index is 10.9. The summed E-state index contributed by atoms with van der Waals surface area (Å²) in [4.78, 5) is 0. The normalized spacial score (nSPS) is 10.4. The molecule has 0 N–H and O–H groups in total. The van der Waals surface area contributed by atoms with Crippen LogP contribution in [0.15, 0.2) is 28.9 Å². The molecular weight excluding hydrogens is 130 g/mol. The molecular formula is C7H4NO2. The largest absolute Gasteiger partial charge is 0.356 e. The van der Waals surface area contributed by atoms with Crippen molar-refractivity contribution in [3.8, 4) is 5.75 Å². The number of hydrogen-bond acceptors (Lipinski definition) is 2. The zero-order valence-corrected chi connectivity index (χ0v) is 5.07. The highest BCUT2D eigenvalue weighted by atomic mass is 16.5. The summed E-state index contributed by atoms with van der Waals surface area (Å²) in [6.07, 6.45) is 1.43. The van der Waals surface area contributed by atoms with E-state index in [1.807, 2.05) is 0 Å². The fourth-order valence-electron chi connectivity index (χ4n) is 0.867. The maximum Gasteiger partial charge on any atom is 0.191 e. The molecule has 1 aromatic heterocycles. The topological polar surface area (TPSA) is 45.9 Å². The SMILES string of the molecule is [O]c1cccc2oncc12. The van der Waals surface area contributed by atoms with Crippen molar-refractivity contribution in [2.24, 2.45) is 0 Å². The van der Waals surface area contributed by atoms with Gasteiger partial charge in [-0.1, -0.05) is 11.2 Å². The van der Waals surface area contributed by atoms with Crippen molar-refractivity contribution in [1.29, 1.82) is 0 Å². The van der Waals surface area contributed by atoms with Crippen LogP contribution < -0.4 is 0 Å². The number of benzene rings is 1. The molecule has 3 heteroatoms. The summed E-state index contributed by atoms with van der Waals surface area (Å²) >= 11 is 0. The van der Waals surface area contributed by atoms with Crippen LogP contribution in [0.1, 0.15) is 0 Å². The molecule has 0 saturated heterocycles. The Bertz CT molecular complexity index is 353. The molecule has 49 valence electrons. The van der Waals surface area contributed by atoms with Crippen LogP contribution in [-0.4, -0.2) is 5.16 Å². The molecule has 2 rings (SSSR count). The average molecular weight is 134 g/mol. The van der Waals surface area contributed by atoms with Gasteiger partial charge in [-0.05, 0) is 12.1 Å². The molecule has 0 spiro atoms. The standard InChI is InChI=1S/C7H4NO2/c9-6-2-1-3-7-5(6)4-8-10-7/h1-4H. The second-order valence-electron chi connectivity index (χ2n) is 1.99. The Labute approximate surface area is 56.9 Å². The van der Waals surface area contributed by atoms with E-state index in [-0.39, 0.29) is 5.75 Å². The molecule has 0 amide bonds. The van der Waals surface area contributed by atoms with Gasteiger partial charge in [-0.2, -0.15) is 0 Å². The molecule has 0 aliphatic heterocycles. The van der Waals surface area contributed by atoms with Gasteiger partial charge in [0.15, 0.2) is 11.3 Å². The van der Waals surface area contributed by atoms with Gasteiger partial charge in [-0.15, -0.1) is 0 Å². The summed E-state index contributed by atoms with van der Waals surface area (Å²) in [6.45, 7) is 0. The van der Waals surface area contributed by atoms with Crippen LogP contribution in [0.25, 0.3) is 11.0 Å². The van der Waals surface area contributed by atoms with Crippen LogP contribution in [0.2, 0.25) is 0 Å². The lowest BCUT2D eigenvalue weighted by Crippen LogP contribution is -1.62. The van der Waals surface area contributed by atoms with Crippen LogP contribution in [0.5, 0.6) is 5.75 Å². The highest BCUT2D eigenvalue weighted by Crippen LogP contribution is 2.23. The first kappa shape index (κ1) is 5.29. The minimum atomic E-state index is -0.0428. The number of hydrogen-bond donors (Lipinski definition) is 0. The van der Waals surface area contributed by atoms with E-state index in [2.05, 4.69) is 5.16 Å². The summed E-state index contributed by atoms with van der Waals surface area (Å²) in [7, 11) is 0. The quantitative estimate of drug-likeness (QED) is 0.552. The summed E-state index contributed by atoms with van der Waals surface area (Å²) in [5.74, 6) is -0.0428. The third kappa shape index (κ3) is 0.572. The highest BCUT2D eigenvalue weighted by molar-refractivity contribution is 5.82. The molecule has 10 heavy (non-hydrogen) atoms. The van der Waals surface area contributed by atoms with Crippen molar-refractivity contribution < 1.29 is 9.63 Å². The number of nitrogens with zero attached hydrogens (tertiary/aromatic N) is 1. The van der Waals surface area contributed by atoms with Crippen molar-refractivity contribution >= 4 is 11.0 Å². The van der Waals surface area contributed by atoms with E-state index in [4.69, 9.17) is 4.52 Å². The smallest absolute Gasteiger partial charge is 0.191 e. The van der Waals surface area contributed by atoms with Gasteiger partial charge in [0.2, 0.25) is 0 Å². The molecule has 0 fully saturated rings. The lowest BCUT2D eigenvalue weighted by atomic mass is 10.2. The maximum atomic E-state index is 10.9. The molecule has 1 aromatic carbocycles. The van der Waals surface area contributed by atoms with E-state index >= 15 is 0 Å². The van der Waals surface area contributed by atoms with E-state index in [1.54, 1.807) is 12.1 Å². The van der Waals surface area contributed by atoms with Crippen molar-refractivity contribution in [1.82, 2.24) is 5.16 Å². The van der Waals surface area contributed by atoms with Crippen molar-refractivity contribution in [2.45, 2.75) is 0 Å². The van der Waals surface area contributed by atoms with Gasteiger partial charge in [0.25, 0.3) is 0 Å². The van der Waals surface area contributed by atoms with Gasteiger partial charge >= 0.3 is 0 Å². The fraction of sp³-hybridized carbons (Fsp3) is 0. The molecule has 0 aliphatic rings. The van der Waals surface area contributed by atoms with E-state index < -0.39 is 0 Å². The molecule has 2 aromatic rings. The van der Waals surface area contributed by atoms with E-state index in [9.17, 15) is 5.11 Å². The Morgan fingerprint density at radius 1 is 1.40 bits per heavy atom. The van der Waals surface area contributed by atoms with Gasteiger partial charge < -0.3 is 4.52 Å². The van der Waals surface area contributed by atoms with Crippen LogP contribution >= 0.6 is 0 Å². The third-order valence-corrected chi connectivity index (χ3v) is 1.36. The first-order chi connectivity index (χ1) is 4.88. The van der Waals surface area contributed by atoms with Crippen LogP contribution in [0.4, 0.5) is 0 Å². The van der Waals surface area contributed by atoms with Crippen molar-refractivity contribution in [3.05, 3.63) is 24.4 Å². The van der Waals surface area contributed by atoms with Gasteiger partial charge in [-0.3, -0.25) is 5.11 Å². The molecule has 0 unspecified atom stereocenters. The summed E-state index contributed by atoms with van der Waals surface area (Å²) in [5, 5.41) is 15.0. The number of aromatic nitrogens is 1. The minimum absolute atomic E-state index is 0.0428. The van der Waals surface area contributed by atoms with Gasteiger partial charge in [-0.25, -0.2) is 0 Å². The van der Waals surface area contributed by atoms with E-state index in [1.165, 1.54) is 12.3 Å². The lowest BCUT2D eigenvalue weighted by molar-refractivity contribution is 0.360. The molecule has 1 heterocycles. The Morgan fingerprint density at radius 3 is 3.10 bits per heavy atom. The summed E-state index contributed by atoms with van der Waals surface area (Å²) < 4.78 is 4.75. The molecule has 1 radical (unpaired) electrons. The van der Waals surface area contributed by atoms with Gasteiger partial charge in [0, 0.05) is 0 Å². The van der Waals surface area contributed by atoms with Crippen LogP contribution in [-0.2, 0) is 5.11 Å². The second-order valence-corrected chi connectivity index (χ2v) is 1.99. The van der Waals surface area contributed by atoms with Crippen molar-refractivity contribution in [3.63, 3.8) is 0 Å². The Morgan fingerprint density at radius 2 is 2.30 bits per heavy atom. The predicted octanol–water partition coefficient (Wildman–Crippen LogP) is 1.97. The zero-order chi connectivity index (χ0) is 6.97. The lowest BCUT2D eigenvalue weighted by Gasteiger charge is -1.84. The molecule has 3 nitrogen and oxygen atoms in total. The minimum Gasteiger partial charge on any atom is -0.356 e. The van der Waals surface area contributed by atoms with Gasteiger partial charge in [0.05, 0.1) is 11.6 Å². The Hall–Kier alpha value is -1.51. The summed E-state index contributed by atoms with van der Waals surface area (Å²) in [6, 6.07) is 4.85. The van der Waals surface area contributed by atoms with Crippen LogP contribution in [0, 0.1) is 0 Å². The Kier molecular flexibility index (Phi) is 0.917.